The Kier molecular flexibility index (Phi) is 15.1. The fraction of sp³-hybridized carbons (Fsp3) is 0.342. The average Bonchev–Trinajstić information content (AvgIpc) is 3.26. The third-order valence-corrected chi connectivity index (χ3v) is 10.9. The van der Waals surface area contributed by atoms with Gasteiger partial charge in [-0.2, -0.15) is 0 Å². The number of sulfone groups is 1. The molecule has 1 aliphatic heterocycles. The molecular weight excluding hydrogens is 772 g/mol. The van der Waals surface area contributed by atoms with E-state index in [-0.39, 0.29) is 84.0 Å². The van der Waals surface area contributed by atoms with E-state index in [0.717, 1.165) is 14.2 Å². The number of nitrogens with zero attached hydrogens (tertiary/aromatic N) is 1. The predicted octanol–water partition coefficient (Wildman–Crippen LogP) is 3.53. The molecule has 1 heterocycles. The molecule has 0 saturated carbocycles. The van der Waals surface area contributed by atoms with Gasteiger partial charge in [-0.1, -0.05) is 35.9 Å². The Bertz CT molecular complexity index is 2110. The summed E-state index contributed by atoms with van der Waals surface area (Å²) in [5, 5.41) is 7.83. The number of halogens is 1. The first kappa shape index (κ1) is 42.9. The molecule has 3 aromatic rings. The number of carbonyl (C=O) groups is 7. The summed E-state index contributed by atoms with van der Waals surface area (Å²) in [5.41, 5.74) is 0.700. The number of hydrogen-bond acceptors (Lipinski definition) is 12. The summed E-state index contributed by atoms with van der Waals surface area (Å²) in [4.78, 5) is 89.5. The van der Waals surface area contributed by atoms with Gasteiger partial charge in [-0.3, -0.25) is 19.2 Å². The summed E-state index contributed by atoms with van der Waals surface area (Å²) in [6.07, 6.45) is -0.395. The molecule has 1 aliphatic rings. The van der Waals surface area contributed by atoms with Gasteiger partial charge in [-0.15, -0.1) is 0 Å². The first-order chi connectivity index (χ1) is 26.7. The predicted molar refractivity (Wildman–Crippen MR) is 201 cm³/mol. The number of fused-ring (bicyclic) bond motifs is 2. The van der Waals surface area contributed by atoms with Gasteiger partial charge in [0.2, 0.25) is 9.84 Å². The van der Waals surface area contributed by atoms with E-state index in [2.05, 4.69) is 25.4 Å². The highest BCUT2D eigenvalue weighted by molar-refractivity contribution is 7.91. The Morgan fingerprint density at radius 3 is 2.07 bits per heavy atom. The molecule has 0 aliphatic carbocycles. The van der Waals surface area contributed by atoms with Crippen LogP contribution >= 0.6 is 11.6 Å². The minimum Gasteiger partial charge on any atom is -0.469 e. The van der Waals surface area contributed by atoms with Crippen molar-refractivity contribution in [1.82, 2.24) is 16.0 Å². The Morgan fingerprint density at radius 1 is 0.768 bits per heavy atom. The van der Waals surface area contributed by atoms with Crippen molar-refractivity contribution in [3.8, 4) is 0 Å². The number of ketones is 1. The number of amides is 4. The topological polar surface area (TPSA) is 221 Å². The van der Waals surface area contributed by atoms with Crippen LogP contribution in [0, 0.1) is 0 Å². The molecule has 4 rings (SSSR count). The molecule has 0 saturated heterocycles. The SMILES string of the molecule is COC(=O)CCC(NC(=O)NC(CCC(=O)CCCNC(=O)c1ccc2c(c1)N(Cc1cccc(Cl)c1)C(=O)c1ccccc1S2(=O)=O)C(=O)OC)C(=O)OC. The maximum atomic E-state index is 13.9. The van der Waals surface area contributed by atoms with Gasteiger partial charge in [0.05, 0.1) is 48.9 Å². The second-order valence-electron chi connectivity index (χ2n) is 12.5. The third-order valence-electron chi connectivity index (χ3n) is 8.76. The molecule has 0 aromatic heterocycles. The number of carbonyl (C=O) groups excluding carboxylic acids is 7. The molecular formula is C38H41ClN4O12S. The first-order valence-electron chi connectivity index (χ1n) is 17.3. The van der Waals surface area contributed by atoms with Crippen LogP contribution in [0.2, 0.25) is 5.02 Å². The molecule has 0 bridgehead atoms. The molecule has 56 heavy (non-hydrogen) atoms. The maximum absolute atomic E-state index is 13.9. The van der Waals surface area contributed by atoms with Gasteiger partial charge < -0.3 is 35.1 Å². The molecule has 16 nitrogen and oxygen atoms in total. The van der Waals surface area contributed by atoms with Crippen LogP contribution < -0.4 is 20.9 Å². The number of ether oxygens (including phenoxy) is 3. The fourth-order valence-corrected chi connectivity index (χ4v) is 7.69. The number of hydrogen-bond donors (Lipinski definition) is 3. The smallest absolute Gasteiger partial charge is 0.328 e. The largest absolute Gasteiger partial charge is 0.469 e. The fourth-order valence-electron chi connectivity index (χ4n) is 5.85. The number of nitrogens with one attached hydrogen (secondary N) is 3. The Morgan fingerprint density at radius 2 is 1.43 bits per heavy atom. The van der Waals surface area contributed by atoms with E-state index in [1.54, 1.807) is 30.3 Å². The lowest BCUT2D eigenvalue weighted by Crippen LogP contribution is -2.51. The zero-order valence-corrected chi connectivity index (χ0v) is 32.4. The number of urea groups is 1. The van der Waals surface area contributed by atoms with E-state index in [1.807, 2.05) is 0 Å². The van der Waals surface area contributed by atoms with Crippen molar-refractivity contribution >= 4 is 68.7 Å². The third kappa shape index (κ3) is 10.9. The van der Waals surface area contributed by atoms with E-state index < -0.39 is 57.7 Å². The summed E-state index contributed by atoms with van der Waals surface area (Å²) >= 11 is 6.19. The molecule has 298 valence electrons. The number of methoxy groups -OCH3 is 3. The van der Waals surface area contributed by atoms with Crippen LogP contribution in [0.3, 0.4) is 0 Å². The Balaban J connectivity index is 1.37. The molecule has 4 amide bonds. The van der Waals surface area contributed by atoms with Crippen LogP contribution in [0.1, 0.15) is 64.8 Å². The number of Topliss-reactive ketones (excluding diaryl/α,β-unsaturated/α-hetero) is 1. The second kappa shape index (κ2) is 19.7. The lowest BCUT2D eigenvalue weighted by atomic mass is 10.1. The molecule has 18 heteroatoms. The molecule has 3 N–H and O–H groups in total. The highest BCUT2D eigenvalue weighted by Crippen LogP contribution is 2.38. The van der Waals surface area contributed by atoms with Crippen LogP contribution in [0.25, 0.3) is 0 Å². The normalized spacial score (nSPS) is 13.8. The summed E-state index contributed by atoms with van der Waals surface area (Å²) in [6.45, 7) is 0.0175. The van der Waals surface area contributed by atoms with Crippen LogP contribution in [-0.2, 0) is 49.8 Å². The van der Waals surface area contributed by atoms with Gasteiger partial charge in [0.25, 0.3) is 11.8 Å². The summed E-state index contributed by atoms with van der Waals surface area (Å²) in [7, 11) is -0.792. The van der Waals surface area contributed by atoms with Crippen molar-refractivity contribution in [2.24, 2.45) is 0 Å². The van der Waals surface area contributed by atoms with Crippen molar-refractivity contribution in [3.05, 3.63) is 88.4 Å². The first-order valence-corrected chi connectivity index (χ1v) is 19.2. The van der Waals surface area contributed by atoms with Crippen molar-refractivity contribution in [2.45, 2.75) is 66.9 Å². The van der Waals surface area contributed by atoms with Gasteiger partial charge >= 0.3 is 23.9 Å². The van der Waals surface area contributed by atoms with Gasteiger partial charge in [0, 0.05) is 36.4 Å². The van der Waals surface area contributed by atoms with Crippen molar-refractivity contribution in [1.29, 1.82) is 0 Å². The lowest BCUT2D eigenvalue weighted by Gasteiger charge is -2.23. The Hall–Kier alpha value is -5.81. The van der Waals surface area contributed by atoms with Gasteiger partial charge in [-0.05, 0) is 67.3 Å². The molecule has 0 spiro atoms. The highest BCUT2D eigenvalue weighted by Gasteiger charge is 2.36. The average molecular weight is 813 g/mol. The van der Waals surface area contributed by atoms with Gasteiger partial charge in [0.15, 0.2) is 0 Å². The number of anilines is 1. The monoisotopic (exact) mass is 812 g/mol. The van der Waals surface area contributed by atoms with Crippen molar-refractivity contribution < 1.29 is 56.2 Å². The minimum atomic E-state index is -4.17. The quantitative estimate of drug-likeness (QED) is 0.101. The molecule has 0 radical (unpaired) electrons. The van der Waals surface area contributed by atoms with Crippen LogP contribution in [0.5, 0.6) is 0 Å². The zero-order chi connectivity index (χ0) is 41.0. The summed E-state index contributed by atoms with van der Waals surface area (Å²) in [5.74, 6) is -3.72. The highest BCUT2D eigenvalue weighted by atomic mass is 35.5. The van der Waals surface area contributed by atoms with E-state index in [4.69, 9.17) is 16.3 Å². The zero-order valence-electron chi connectivity index (χ0n) is 30.8. The van der Waals surface area contributed by atoms with E-state index in [1.165, 1.54) is 48.4 Å². The number of rotatable bonds is 17. The van der Waals surface area contributed by atoms with E-state index in [0.29, 0.717) is 10.6 Å². The van der Waals surface area contributed by atoms with Crippen LogP contribution in [0.15, 0.2) is 76.5 Å². The Labute approximate surface area is 328 Å². The number of benzene rings is 3. The standard InChI is InChI=1S/C38H41ClN4O12S/c1-53-33(45)18-16-29(37(49)55-3)42-38(50)41-28(36(48)54-2)15-14-26(44)10-7-19-40-34(46)24-13-17-32-30(21-24)43(22-23-8-6-9-25(39)20-23)35(47)27-11-4-5-12-31(27)56(32,51)52/h4-6,8-9,11-13,17,20-21,28-29H,7,10,14-16,18-19,22H2,1-3H3,(H,40,46)(H2,41,42,50). The maximum Gasteiger partial charge on any atom is 0.328 e. The van der Waals surface area contributed by atoms with E-state index in [9.17, 15) is 42.0 Å². The lowest BCUT2D eigenvalue weighted by molar-refractivity contribution is -0.144. The molecule has 3 aromatic carbocycles. The van der Waals surface area contributed by atoms with Crippen LogP contribution in [0.4, 0.5) is 10.5 Å². The molecule has 2 atom stereocenters. The van der Waals surface area contributed by atoms with Crippen LogP contribution in [-0.4, -0.2) is 89.9 Å². The van der Waals surface area contributed by atoms with Gasteiger partial charge in [-0.25, -0.2) is 22.8 Å². The number of esters is 3. The summed E-state index contributed by atoms with van der Waals surface area (Å²) < 4.78 is 41.5. The second-order valence-corrected chi connectivity index (χ2v) is 14.8. The molecule has 2 unspecified atom stereocenters. The minimum absolute atomic E-state index is 0.000910. The summed E-state index contributed by atoms with van der Waals surface area (Å²) in [6, 6.07) is 13.2. The van der Waals surface area contributed by atoms with Gasteiger partial charge in [0.1, 0.15) is 17.9 Å². The molecule has 0 fully saturated rings. The van der Waals surface area contributed by atoms with Crippen molar-refractivity contribution in [2.75, 3.05) is 32.8 Å². The van der Waals surface area contributed by atoms with E-state index >= 15 is 0 Å². The van der Waals surface area contributed by atoms with Crippen molar-refractivity contribution in [3.63, 3.8) is 0 Å².